The minimum Gasteiger partial charge on any atom is -0.385 e. The van der Waals surface area contributed by atoms with E-state index < -0.39 is 0 Å². The molecule has 106 valence electrons. The van der Waals surface area contributed by atoms with Gasteiger partial charge in [0.25, 0.3) is 5.91 Å². The Morgan fingerprint density at radius 3 is 2.75 bits per heavy atom. The van der Waals surface area contributed by atoms with Crippen molar-refractivity contribution < 1.29 is 4.79 Å². The molecule has 0 spiro atoms. The topological polar surface area (TPSA) is 59.0 Å². The van der Waals surface area contributed by atoms with E-state index in [2.05, 4.69) is 22.7 Å². The summed E-state index contributed by atoms with van der Waals surface area (Å²) in [7, 11) is 1.81. The van der Waals surface area contributed by atoms with Crippen LogP contribution in [0.1, 0.15) is 29.3 Å². The van der Waals surface area contributed by atoms with Crippen molar-refractivity contribution in [3.05, 3.63) is 41.7 Å². The molecule has 0 unspecified atom stereocenters. The highest BCUT2D eigenvalue weighted by atomic mass is 16.1. The van der Waals surface area contributed by atoms with Gasteiger partial charge in [0.05, 0.1) is 11.9 Å². The molecule has 0 saturated carbocycles. The van der Waals surface area contributed by atoms with Crippen molar-refractivity contribution in [1.82, 2.24) is 9.78 Å². The summed E-state index contributed by atoms with van der Waals surface area (Å²) in [6.07, 6.45) is 4.47. The van der Waals surface area contributed by atoms with Crippen molar-refractivity contribution >= 4 is 17.3 Å². The maximum Gasteiger partial charge on any atom is 0.256 e. The van der Waals surface area contributed by atoms with Crippen LogP contribution in [0.5, 0.6) is 0 Å². The van der Waals surface area contributed by atoms with Crippen LogP contribution in [0.15, 0.2) is 30.6 Å². The zero-order valence-corrected chi connectivity index (χ0v) is 12.1. The molecule has 0 fully saturated rings. The summed E-state index contributed by atoms with van der Waals surface area (Å²) >= 11 is 0. The number of anilines is 2. The average molecular weight is 272 g/mol. The lowest BCUT2D eigenvalue weighted by Gasteiger charge is -2.09. The molecule has 2 rings (SSSR count). The van der Waals surface area contributed by atoms with E-state index in [1.54, 1.807) is 17.1 Å². The fourth-order valence-electron chi connectivity index (χ4n) is 1.98. The minimum absolute atomic E-state index is 0.113. The molecule has 5 heteroatoms. The summed E-state index contributed by atoms with van der Waals surface area (Å²) in [6.45, 7) is 4.99. The molecule has 0 aliphatic heterocycles. The van der Waals surface area contributed by atoms with Gasteiger partial charge in [0.1, 0.15) is 0 Å². The number of aryl methyl sites for hydroxylation is 2. The predicted octanol–water partition coefficient (Wildman–Crippen LogP) is 2.80. The zero-order valence-electron chi connectivity index (χ0n) is 12.1. The number of hydrogen-bond donors (Lipinski definition) is 2. The third-order valence-electron chi connectivity index (χ3n) is 3.01. The first-order valence-corrected chi connectivity index (χ1v) is 6.74. The molecule has 0 aliphatic rings. The van der Waals surface area contributed by atoms with E-state index in [0.29, 0.717) is 11.3 Å². The Morgan fingerprint density at radius 2 is 2.15 bits per heavy atom. The van der Waals surface area contributed by atoms with Crippen LogP contribution in [0, 0.1) is 6.92 Å². The molecular weight excluding hydrogens is 252 g/mol. The van der Waals surface area contributed by atoms with Crippen molar-refractivity contribution in [1.29, 1.82) is 0 Å². The summed E-state index contributed by atoms with van der Waals surface area (Å²) in [4.78, 5) is 12.2. The van der Waals surface area contributed by atoms with Gasteiger partial charge in [-0.3, -0.25) is 9.48 Å². The Bertz CT molecular complexity index is 604. The van der Waals surface area contributed by atoms with E-state index in [0.717, 1.165) is 24.2 Å². The lowest BCUT2D eigenvalue weighted by molar-refractivity contribution is 0.102. The van der Waals surface area contributed by atoms with E-state index in [9.17, 15) is 4.79 Å². The summed E-state index contributed by atoms with van der Waals surface area (Å²) in [5.41, 5.74) is 3.37. The van der Waals surface area contributed by atoms with Gasteiger partial charge in [0.15, 0.2) is 0 Å². The SMILES string of the molecule is CCCNc1ccc(C(=O)Nc2cnn(C)c2)c(C)c1. The molecular formula is C15H20N4O. The van der Waals surface area contributed by atoms with Crippen LogP contribution in [0.3, 0.4) is 0 Å². The van der Waals surface area contributed by atoms with Gasteiger partial charge in [-0.15, -0.1) is 0 Å². The normalized spacial score (nSPS) is 10.3. The predicted molar refractivity (Wildman–Crippen MR) is 81.1 cm³/mol. The second-order valence-electron chi connectivity index (χ2n) is 4.81. The minimum atomic E-state index is -0.113. The Balaban J connectivity index is 2.09. The first kappa shape index (κ1) is 14.1. The molecule has 0 radical (unpaired) electrons. The maximum atomic E-state index is 12.2. The largest absolute Gasteiger partial charge is 0.385 e. The Labute approximate surface area is 119 Å². The summed E-state index contributed by atoms with van der Waals surface area (Å²) in [6, 6.07) is 5.77. The number of carbonyl (C=O) groups is 1. The van der Waals surface area contributed by atoms with Crippen molar-refractivity contribution in [2.24, 2.45) is 7.05 Å². The van der Waals surface area contributed by atoms with Crippen LogP contribution in [0.4, 0.5) is 11.4 Å². The van der Waals surface area contributed by atoms with Gasteiger partial charge in [-0.2, -0.15) is 5.10 Å². The third kappa shape index (κ3) is 3.38. The Kier molecular flexibility index (Phi) is 4.40. The Morgan fingerprint density at radius 1 is 1.35 bits per heavy atom. The molecule has 0 saturated heterocycles. The first-order chi connectivity index (χ1) is 9.60. The number of aromatic nitrogens is 2. The van der Waals surface area contributed by atoms with E-state index in [1.165, 1.54) is 0 Å². The van der Waals surface area contributed by atoms with Crippen LogP contribution in [-0.4, -0.2) is 22.2 Å². The van der Waals surface area contributed by atoms with E-state index >= 15 is 0 Å². The van der Waals surface area contributed by atoms with Gasteiger partial charge in [0.2, 0.25) is 0 Å². The van der Waals surface area contributed by atoms with Crippen molar-refractivity contribution in [2.75, 3.05) is 17.2 Å². The molecule has 1 amide bonds. The number of rotatable bonds is 5. The van der Waals surface area contributed by atoms with Crippen LogP contribution in [0.2, 0.25) is 0 Å². The number of benzene rings is 1. The Hall–Kier alpha value is -2.30. The summed E-state index contributed by atoms with van der Waals surface area (Å²) < 4.78 is 1.65. The smallest absolute Gasteiger partial charge is 0.256 e. The second kappa shape index (κ2) is 6.23. The number of carbonyl (C=O) groups excluding carboxylic acids is 1. The van der Waals surface area contributed by atoms with Gasteiger partial charge in [-0.05, 0) is 37.1 Å². The van der Waals surface area contributed by atoms with Crippen molar-refractivity contribution in [3.63, 3.8) is 0 Å². The standard InChI is InChI=1S/C15H20N4O/c1-4-7-16-12-5-6-14(11(2)8-12)15(20)18-13-9-17-19(3)10-13/h5-6,8-10,16H,4,7H2,1-3H3,(H,18,20). The molecule has 2 N–H and O–H groups in total. The fraction of sp³-hybridized carbons (Fsp3) is 0.333. The van der Waals surface area contributed by atoms with Crippen LogP contribution < -0.4 is 10.6 Å². The molecule has 0 atom stereocenters. The van der Waals surface area contributed by atoms with E-state index in [-0.39, 0.29) is 5.91 Å². The van der Waals surface area contributed by atoms with Crippen molar-refractivity contribution in [3.8, 4) is 0 Å². The lowest BCUT2D eigenvalue weighted by Crippen LogP contribution is -2.13. The molecule has 5 nitrogen and oxygen atoms in total. The van der Waals surface area contributed by atoms with Gasteiger partial charge in [0, 0.05) is 31.0 Å². The molecule has 1 aromatic carbocycles. The molecule has 0 bridgehead atoms. The maximum absolute atomic E-state index is 12.2. The molecule has 1 aromatic heterocycles. The number of amides is 1. The molecule has 0 aliphatic carbocycles. The molecule has 20 heavy (non-hydrogen) atoms. The second-order valence-corrected chi connectivity index (χ2v) is 4.81. The highest BCUT2D eigenvalue weighted by Crippen LogP contribution is 2.17. The van der Waals surface area contributed by atoms with E-state index in [4.69, 9.17) is 0 Å². The van der Waals surface area contributed by atoms with Crippen LogP contribution >= 0.6 is 0 Å². The van der Waals surface area contributed by atoms with Gasteiger partial charge >= 0.3 is 0 Å². The lowest BCUT2D eigenvalue weighted by atomic mass is 10.1. The quantitative estimate of drug-likeness (QED) is 0.880. The number of nitrogens with one attached hydrogen (secondary N) is 2. The number of hydrogen-bond acceptors (Lipinski definition) is 3. The third-order valence-corrected chi connectivity index (χ3v) is 3.01. The van der Waals surface area contributed by atoms with Gasteiger partial charge < -0.3 is 10.6 Å². The van der Waals surface area contributed by atoms with Gasteiger partial charge in [-0.1, -0.05) is 6.92 Å². The number of nitrogens with zero attached hydrogens (tertiary/aromatic N) is 2. The highest BCUT2D eigenvalue weighted by molar-refractivity contribution is 6.05. The van der Waals surface area contributed by atoms with Crippen molar-refractivity contribution in [2.45, 2.75) is 20.3 Å². The van der Waals surface area contributed by atoms with Crippen LogP contribution in [-0.2, 0) is 7.05 Å². The van der Waals surface area contributed by atoms with Gasteiger partial charge in [-0.25, -0.2) is 0 Å². The van der Waals surface area contributed by atoms with Crippen LogP contribution in [0.25, 0.3) is 0 Å². The monoisotopic (exact) mass is 272 g/mol. The zero-order chi connectivity index (χ0) is 14.5. The summed E-state index contributed by atoms with van der Waals surface area (Å²) in [5.74, 6) is -0.113. The average Bonchev–Trinajstić information content (AvgIpc) is 2.81. The molecule has 2 aromatic rings. The van der Waals surface area contributed by atoms with E-state index in [1.807, 2.05) is 32.2 Å². The molecule has 1 heterocycles. The fourth-order valence-corrected chi connectivity index (χ4v) is 1.98. The highest BCUT2D eigenvalue weighted by Gasteiger charge is 2.10. The first-order valence-electron chi connectivity index (χ1n) is 6.74. The summed E-state index contributed by atoms with van der Waals surface area (Å²) in [5, 5.41) is 10.2.